The lowest BCUT2D eigenvalue weighted by atomic mass is 9.83. The fourth-order valence-electron chi connectivity index (χ4n) is 1.97. The fourth-order valence-corrected chi connectivity index (χ4v) is 1.97. The zero-order valence-corrected chi connectivity index (χ0v) is 12.2. The summed E-state index contributed by atoms with van der Waals surface area (Å²) in [4.78, 5) is 23.0. The first-order valence-corrected chi connectivity index (χ1v) is 6.67. The van der Waals surface area contributed by atoms with Gasteiger partial charge in [-0.15, -0.1) is 0 Å². The van der Waals surface area contributed by atoms with Gasteiger partial charge in [-0.1, -0.05) is 12.1 Å². The number of carbonyl (C=O) groups is 2. The molecule has 116 valence electrons. The van der Waals surface area contributed by atoms with Crippen molar-refractivity contribution in [1.29, 1.82) is 0 Å². The average molecular weight is 305 g/mol. The van der Waals surface area contributed by atoms with Gasteiger partial charge in [0.05, 0.1) is 12.0 Å². The number of hydrogen-bond acceptors (Lipinski definition) is 3. The number of benzene rings is 1. The fraction of sp³-hybridized carbons (Fsp3) is 0.250. The van der Waals surface area contributed by atoms with Gasteiger partial charge in [0.25, 0.3) is 0 Å². The van der Waals surface area contributed by atoms with Gasteiger partial charge in [0.2, 0.25) is 11.7 Å². The van der Waals surface area contributed by atoms with Crippen LogP contribution in [0.3, 0.4) is 0 Å². The van der Waals surface area contributed by atoms with Crippen molar-refractivity contribution in [2.45, 2.75) is 25.8 Å². The van der Waals surface area contributed by atoms with Gasteiger partial charge in [0.1, 0.15) is 11.6 Å². The van der Waals surface area contributed by atoms with Gasteiger partial charge >= 0.3 is 5.97 Å². The Labute approximate surface area is 126 Å². The van der Waals surface area contributed by atoms with Gasteiger partial charge in [0.15, 0.2) is 0 Å². The second-order valence-electron chi connectivity index (χ2n) is 5.39. The molecule has 0 bridgehead atoms. The Hall–Kier alpha value is -2.63. The molecule has 1 aromatic carbocycles. The summed E-state index contributed by atoms with van der Waals surface area (Å²) < 4.78 is 18.0. The van der Waals surface area contributed by atoms with E-state index in [4.69, 9.17) is 9.52 Å². The molecular weight excluding hydrogens is 289 g/mol. The molecule has 0 aliphatic carbocycles. The molecule has 2 N–H and O–H groups in total. The number of carboxylic acids is 1. The van der Waals surface area contributed by atoms with E-state index < -0.39 is 11.4 Å². The van der Waals surface area contributed by atoms with Crippen molar-refractivity contribution in [3.05, 3.63) is 59.3 Å². The number of aromatic carboxylic acids is 1. The second-order valence-corrected chi connectivity index (χ2v) is 5.39. The first-order valence-electron chi connectivity index (χ1n) is 6.67. The molecule has 0 unspecified atom stereocenters. The van der Waals surface area contributed by atoms with E-state index in [0.717, 1.165) is 0 Å². The minimum atomic E-state index is -1.16. The summed E-state index contributed by atoms with van der Waals surface area (Å²) in [6, 6.07) is 8.55. The summed E-state index contributed by atoms with van der Waals surface area (Å²) in [5.41, 5.74) is -0.173. The molecule has 0 saturated carbocycles. The van der Waals surface area contributed by atoms with Crippen LogP contribution < -0.4 is 5.32 Å². The molecular formula is C16H16FNO4. The molecule has 0 atom stereocenters. The summed E-state index contributed by atoms with van der Waals surface area (Å²) in [6.45, 7) is 3.53. The smallest absolute Gasteiger partial charge is 0.371 e. The van der Waals surface area contributed by atoms with Gasteiger partial charge in [0, 0.05) is 0 Å². The Morgan fingerprint density at radius 1 is 1.18 bits per heavy atom. The maximum atomic E-state index is 13.0. The van der Waals surface area contributed by atoms with Crippen LogP contribution in [0.25, 0.3) is 0 Å². The molecule has 0 spiro atoms. The molecule has 0 saturated heterocycles. The molecule has 0 radical (unpaired) electrons. The third-order valence-electron chi connectivity index (χ3n) is 3.43. The van der Waals surface area contributed by atoms with Crippen LogP contribution in [0.5, 0.6) is 0 Å². The molecule has 2 aromatic rings. The highest BCUT2D eigenvalue weighted by Gasteiger charge is 2.29. The van der Waals surface area contributed by atoms with Gasteiger partial charge in [-0.2, -0.15) is 0 Å². The Morgan fingerprint density at radius 2 is 1.82 bits per heavy atom. The summed E-state index contributed by atoms with van der Waals surface area (Å²) in [6.07, 6.45) is 0. The number of carbonyl (C=O) groups excluding carboxylic acids is 1. The van der Waals surface area contributed by atoms with Gasteiger partial charge in [-0.25, -0.2) is 9.18 Å². The van der Waals surface area contributed by atoms with Crippen LogP contribution in [0, 0.1) is 5.82 Å². The van der Waals surface area contributed by atoms with Crippen LogP contribution in [0.1, 0.15) is 35.7 Å². The molecule has 1 amide bonds. The van der Waals surface area contributed by atoms with E-state index in [9.17, 15) is 14.0 Å². The number of halogens is 1. The van der Waals surface area contributed by atoms with Crippen LogP contribution in [0.2, 0.25) is 0 Å². The molecule has 1 heterocycles. The van der Waals surface area contributed by atoms with Crippen molar-refractivity contribution in [2.24, 2.45) is 0 Å². The molecule has 22 heavy (non-hydrogen) atoms. The van der Waals surface area contributed by atoms with E-state index in [1.165, 1.54) is 24.3 Å². The van der Waals surface area contributed by atoms with Crippen LogP contribution in [-0.2, 0) is 16.8 Å². The van der Waals surface area contributed by atoms with Crippen molar-refractivity contribution >= 4 is 11.9 Å². The monoisotopic (exact) mass is 305 g/mol. The van der Waals surface area contributed by atoms with Crippen molar-refractivity contribution < 1.29 is 23.5 Å². The van der Waals surface area contributed by atoms with E-state index in [-0.39, 0.29) is 24.0 Å². The summed E-state index contributed by atoms with van der Waals surface area (Å²) in [5, 5.41) is 11.4. The van der Waals surface area contributed by atoms with E-state index in [1.807, 2.05) is 0 Å². The Kier molecular flexibility index (Phi) is 4.30. The lowest BCUT2D eigenvalue weighted by Crippen LogP contribution is -2.39. The van der Waals surface area contributed by atoms with Crippen molar-refractivity contribution in [1.82, 2.24) is 5.32 Å². The molecule has 5 nitrogen and oxygen atoms in total. The van der Waals surface area contributed by atoms with E-state index in [2.05, 4.69) is 5.32 Å². The highest BCUT2D eigenvalue weighted by molar-refractivity contribution is 5.87. The summed E-state index contributed by atoms with van der Waals surface area (Å²) in [5.74, 6) is -1.63. The molecule has 1 aromatic heterocycles. The number of amides is 1. The normalized spacial score (nSPS) is 11.2. The van der Waals surface area contributed by atoms with E-state index in [0.29, 0.717) is 11.3 Å². The third kappa shape index (κ3) is 3.33. The molecule has 0 fully saturated rings. The van der Waals surface area contributed by atoms with Crippen molar-refractivity contribution in [3.63, 3.8) is 0 Å². The van der Waals surface area contributed by atoms with Crippen LogP contribution in [-0.4, -0.2) is 17.0 Å². The summed E-state index contributed by atoms with van der Waals surface area (Å²) in [7, 11) is 0. The standard InChI is InChI=1S/C16H16FNO4/c1-16(2,10-3-5-11(17)6-4-10)15(21)18-9-12-7-8-13(22-12)14(19)20/h3-8H,9H2,1-2H3,(H,18,21)(H,19,20). The zero-order chi connectivity index (χ0) is 16.3. The molecule has 2 rings (SSSR count). The highest BCUT2D eigenvalue weighted by atomic mass is 19.1. The lowest BCUT2D eigenvalue weighted by molar-refractivity contribution is -0.125. The third-order valence-corrected chi connectivity index (χ3v) is 3.43. The number of nitrogens with one attached hydrogen (secondary N) is 1. The van der Waals surface area contributed by atoms with Gasteiger partial charge in [-0.05, 0) is 43.7 Å². The highest BCUT2D eigenvalue weighted by Crippen LogP contribution is 2.23. The molecule has 0 aliphatic heterocycles. The number of hydrogen-bond donors (Lipinski definition) is 2. The Balaban J connectivity index is 2.04. The first kappa shape index (κ1) is 15.8. The van der Waals surface area contributed by atoms with Crippen molar-refractivity contribution in [3.8, 4) is 0 Å². The maximum Gasteiger partial charge on any atom is 0.371 e. The van der Waals surface area contributed by atoms with E-state index >= 15 is 0 Å². The second kappa shape index (κ2) is 6.01. The quantitative estimate of drug-likeness (QED) is 0.890. The minimum absolute atomic E-state index is 0.0801. The van der Waals surface area contributed by atoms with Crippen LogP contribution in [0.15, 0.2) is 40.8 Å². The Morgan fingerprint density at radius 3 is 2.36 bits per heavy atom. The SMILES string of the molecule is CC(C)(C(=O)NCc1ccc(C(=O)O)o1)c1ccc(F)cc1. The minimum Gasteiger partial charge on any atom is -0.475 e. The number of rotatable bonds is 5. The van der Waals surface area contributed by atoms with Crippen molar-refractivity contribution in [2.75, 3.05) is 0 Å². The molecule has 0 aliphatic rings. The van der Waals surface area contributed by atoms with Crippen LogP contribution in [0.4, 0.5) is 4.39 Å². The molecule has 6 heteroatoms. The first-order chi connectivity index (χ1) is 10.3. The zero-order valence-electron chi connectivity index (χ0n) is 12.2. The van der Waals surface area contributed by atoms with Crippen LogP contribution >= 0.6 is 0 Å². The number of carboxylic acid groups (broad SMARTS) is 1. The lowest BCUT2D eigenvalue weighted by Gasteiger charge is -2.24. The summed E-state index contributed by atoms with van der Waals surface area (Å²) >= 11 is 0. The predicted octanol–water partition coefficient (Wildman–Crippen LogP) is 2.71. The van der Waals surface area contributed by atoms with Gasteiger partial charge in [-0.3, -0.25) is 4.79 Å². The average Bonchev–Trinajstić information content (AvgIpc) is 2.94. The number of furan rings is 1. The van der Waals surface area contributed by atoms with E-state index in [1.54, 1.807) is 26.0 Å². The topological polar surface area (TPSA) is 79.5 Å². The maximum absolute atomic E-state index is 13.0. The predicted molar refractivity (Wildman–Crippen MR) is 76.9 cm³/mol. The largest absolute Gasteiger partial charge is 0.475 e. The van der Waals surface area contributed by atoms with Gasteiger partial charge < -0.3 is 14.8 Å². The Bertz CT molecular complexity index is 688.